The van der Waals surface area contributed by atoms with E-state index in [4.69, 9.17) is 35.1 Å². The number of carbonyl (C=O) groups is 1. The van der Waals surface area contributed by atoms with E-state index in [-0.39, 0.29) is 12.5 Å². The number of rotatable bonds is 10. The Bertz CT molecular complexity index is 5200. The molecular formula is C88H80F3N6O8+5. The Morgan fingerprint density at radius 1 is 0.400 bits per heavy atom. The van der Waals surface area contributed by atoms with Crippen molar-refractivity contribution in [3.05, 3.63) is 337 Å². The number of ketones is 1. The molecule has 0 fully saturated rings. The van der Waals surface area contributed by atoms with Gasteiger partial charge < -0.3 is 23.7 Å². The Morgan fingerprint density at radius 3 is 1.17 bits per heavy atom. The molecule has 0 bridgehead atoms. The Balaban J connectivity index is 0.000000124. The fourth-order valence-electron chi connectivity index (χ4n) is 12.7. The van der Waals surface area contributed by atoms with Crippen molar-refractivity contribution in [3.63, 3.8) is 0 Å². The fraction of sp³-hybridized carbons (Fsp3) is 0.170. The zero-order valence-electron chi connectivity index (χ0n) is 59.7. The van der Waals surface area contributed by atoms with Gasteiger partial charge in [0.1, 0.15) is 35.4 Å². The zero-order valence-corrected chi connectivity index (χ0v) is 59.7. The molecular weight excluding hydrogens is 1330 g/mol. The lowest BCUT2D eigenvalue weighted by Gasteiger charge is -2.18. The Kier molecular flexibility index (Phi) is 22.9. The number of para-hydroxylation sites is 5. The topological polar surface area (TPSA) is 101 Å². The minimum absolute atomic E-state index is 0.0248. The summed E-state index contributed by atoms with van der Waals surface area (Å²) in [4.78, 5) is 25.9. The van der Waals surface area contributed by atoms with E-state index in [0.29, 0.717) is 67.2 Å². The summed E-state index contributed by atoms with van der Waals surface area (Å²) in [5, 5.41) is 0. The number of carbonyl (C=O) groups excluding carboxylic acids is 1. The highest BCUT2D eigenvalue weighted by molar-refractivity contribution is 6.10. The summed E-state index contributed by atoms with van der Waals surface area (Å²) in [6.45, 7) is 23.9. The molecule has 16 rings (SSSR count). The maximum Gasteiger partial charge on any atom is 0.416 e. The lowest BCUT2D eigenvalue weighted by atomic mass is 9.98. The lowest BCUT2D eigenvalue weighted by molar-refractivity contribution is -0.476. The molecule has 0 atom stereocenters. The first-order valence-electron chi connectivity index (χ1n) is 34.2. The summed E-state index contributed by atoms with van der Waals surface area (Å²) in [7, 11) is 1.51. The van der Waals surface area contributed by atoms with Crippen molar-refractivity contribution < 1.29 is 74.3 Å². The van der Waals surface area contributed by atoms with Crippen molar-refractivity contribution in [1.29, 1.82) is 0 Å². The molecule has 0 N–H and O–H groups in total. The van der Waals surface area contributed by atoms with Gasteiger partial charge >= 0.3 is 6.18 Å². The predicted molar refractivity (Wildman–Crippen MR) is 403 cm³/mol. The minimum atomic E-state index is -4.36. The van der Waals surface area contributed by atoms with E-state index in [1.165, 1.54) is 29.4 Å². The molecule has 105 heavy (non-hydrogen) atoms. The molecule has 0 amide bonds. The van der Waals surface area contributed by atoms with Gasteiger partial charge in [-0.05, 0) is 142 Å². The highest BCUT2D eigenvalue weighted by atomic mass is 19.4. The van der Waals surface area contributed by atoms with Gasteiger partial charge in [-0.2, -0.15) is 36.0 Å². The summed E-state index contributed by atoms with van der Waals surface area (Å²) in [5.74, 6) is 4.21. The third kappa shape index (κ3) is 17.6. The van der Waals surface area contributed by atoms with Crippen LogP contribution in [0.15, 0.2) is 237 Å². The van der Waals surface area contributed by atoms with Crippen LogP contribution in [0.25, 0.3) is 4.85 Å². The van der Waals surface area contributed by atoms with Crippen molar-refractivity contribution in [2.24, 2.45) is 0 Å². The molecule has 0 radical (unpaired) electrons. The van der Waals surface area contributed by atoms with Crippen molar-refractivity contribution in [2.75, 3.05) is 40.8 Å². The molecule has 5 aliphatic heterocycles. The van der Waals surface area contributed by atoms with Crippen LogP contribution in [0.3, 0.4) is 0 Å². The van der Waals surface area contributed by atoms with Gasteiger partial charge in [0, 0.05) is 71.8 Å². The molecule has 0 saturated heterocycles. The van der Waals surface area contributed by atoms with Gasteiger partial charge in [-0.3, -0.25) is 4.79 Å². The molecule has 0 aromatic heterocycles. The maximum absolute atomic E-state index is 12.9. The monoisotopic (exact) mass is 1410 g/mol. The van der Waals surface area contributed by atoms with Gasteiger partial charge in [0.15, 0.2) is 42.5 Å². The van der Waals surface area contributed by atoms with E-state index >= 15 is 0 Å². The predicted octanol–water partition coefficient (Wildman–Crippen LogP) is 19.0. The molecule has 17 heteroatoms. The van der Waals surface area contributed by atoms with E-state index in [2.05, 4.69) is 94.5 Å². The standard InChI is InChI=1S/C22H18NO2.C17H18NO3.C17H18NO.C16H13F3NO.C16H13N2O/c1-16-12-18(21(24)17-8-4-2-5-9-17)13-19-14-23(15-25-22(16)19)20-10-6-3-7-11-20;1-13-8-14(11-21-19-2)9-15-10-18(12-20-17(13)15)16-6-4-3-5-7-16;1-12-9-13(2)17-16(14(12)3)10-18(11-19-17)15-7-5-4-6-8-15;1-11-7-13(16(17,18)19)8-12-9-20(10-21-15(11)12)14-5-3-2-4-6-14;1-12-8-14(17-2)9-13-10-18(11-19-16(12)13)15-6-4-3-5-7-15/h2-14H,15H2,1H3;3-10H,11-12H2,1-2H3;4-10H,11H2,1-3H3;2-9H,10H2,1H3;3-10H,11H2,1H3/q5*+1. The lowest BCUT2D eigenvalue weighted by Crippen LogP contribution is -2.22. The van der Waals surface area contributed by atoms with Crippen LogP contribution in [0, 0.1) is 55.0 Å². The molecule has 0 spiro atoms. The number of aryl methyl sites for hydroxylation is 6. The molecule has 11 aromatic rings. The quantitative estimate of drug-likeness (QED) is 0.0439. The molecule has 14 nitrogen and oxygen atoms in total. The SMILES string of the molecule is COOCc1cc(C)c2c(c1)C=[N+](c1ccccc1)CO2.Cc1cc(C(=O)c2ccccc2)cc2c1OC[N+](c1ccccc1)=C2.Cc1cc(C(F)(F)F)cc2c1OC[N+](c1ccccc1)=C2.Cc1cc(C)c2c(c1C)C=[N+](c1ccccc1)CO2.[C-]#[N+]c1cc(C)c2c(c1)C=[N+](c1ccccc1)CO2. The summed E-state index contributed by atoms with van der Waals surface area (Å²) < 4.78 is 78.0. The fourth-order valence-corrected chi connectivity index (χ4v) is 12.7. The molecule has 5 aliphatic rings. The normalized spacial score (nSPS) is 13.3. The van der Waals surface area contributed by atoms with Crippen molar-refractivity contribution in [1.82, 2.24) is 0 Å². The van der Waals surface area contributed by atoms with Gasteiger partial charge in [0.2, 0.25) is 28.4 Å². The first-order valence-corrected chi connectivity index (χ1v) is 34.2. The number of ether oxygens (including phenoxy) is 5. The van der Waals surface area contributed by atoms with Crippen LogP contribution in [0.4, 0.5) is 47.3 Å². The van der Waals surface area contributed by atoms with E-state index in [9.17, 15) is 18.0 Å². The van der Waals surface area contributed by atoms with E-state index in [0.717, 1.165) is 103 Å². The van der Waals surface area contributed by atoms with Gasteiger partial charge in [-0.15, -0.1) is 0 Å². The Labute approximate surface area is 610 Å². The number of hydrogen-bond donors (Lipinski definition) is 0. The summed E-state index contributed by atoms with van der Waals surface area (Å²) in [6, 6.07) is 75.5. The number of alkyl halides is 3. The maximum atomic E-state index is 12.9. The molecule has 5 heterocycles. The van der Waals surface area contributed by atoms with Crippen LogP contribution in [-0.4, -0.2) is 100 Å². The van der Waals surface area contributed by atoms with Crippen molar-refractivity contribution in [3.8, 4) is 28.7 Å². The highest BCUT2D eigenvalue weighted by Gasteiger charge is 2.34. The largest absolute Gasteiger partial charge is 0.435 e. The van der Waals surface area contributed by atoms with E-state index < -0.39 is 11.7 Å². The molecule has 526 valence electrons. The van der Waals surface area contributed by atoms with E-state index in [1.807, 2.05) is 224 Å². The number of nitrogens with zero attached hydrogens (tertiary/aromatic N) is 6. The van der Waals surface area contributed by atoms with Crippen molar-refractivity contribution in [2.45, 2.75) is 61.2 Å². The smallest absolute Gasteiger partial charge is 0.416 e. The first kappa shape index (κ1) is 72.4. The second-order valence-corrected chi connectivity index (χ2v) is 25.6. The van der Waals surface area contributed by atoms with Crippen LogP contribution in [0.5, 0.6) is 28.7 Å². The minimum Gasteiger partial charge on any atom is -0.435 e. The third-order valence-electron chi connectivity index (χ3n) is 18.0. The second-order valence-electron chi connectivity index (χ2n) is 25.6. The Morgan fingerprint density at radius 2 is 0.752 bits per heavy atom. The summed E-state index contributed by atoms with van der Waals surface area (Å²) in [6.07, 6.45) is 5.72. The molecule has 11 aromatic carbocycles. The number of halogens is 3. The summed E-state index contributed by atoms with van der Waals surface area (Å²) >= 11 is 0. The van der Waals surface area contributed by atoms with Crippen LogP contribution < -0.4 is 23.7 Å². The van der Waals surface area contributed by atoms with Gasteiger partial charge in [0.25, 0.3) is 33.7 Å². The first-order chi connectivity index (χ1) is 50.9. The molecule has 0 aliphatic carbocycles. The van der Waals surface area contributed by atoms with Crippen molar-refractivity contribution >= 4 is 71.0 Å². The number of benzene rings is 11. The number of fused-ring (bicyclic) bond motifs is 5. The van der Waals surface area contributed by atoms with Crippen LogP contribution in [0.1, 0.15) is 93.8 Å². The van der Waals surface area contributed by atoms with Gasteiger partial charge in [-0.1, -0.05) is 127 Å². The average Bonchev–Trinajstić information content (AvgIpc) is 0.709. The number of hydrogen-bond acceptors (Lipinski definition) is 8. The van der Waals surface area contributed by atoms with Crippen LogP contribution in [-0.2, 0) is 22.6 Å². The average molecular weight is 1410 g/mol. The second kappa shape index (κ2) is 33.2. The molecule has 0 unspecified atom stereocenters. The zero-order chi connectivity index (χ0) is 73.6. The summed E-state index contributed by atoms with van der Waals surface area (Å²) in [5.41, 5.74) is 19.7. The van der Waals surface area contributed by atoms with Crippen LogP contribution in [0.2, 0.25) is 0 Å². The van der Waals surface area contributed by atoms with Crippen LogP contribution >= 0.6 is 0 Å². The Hall–Kier alpha value is -12.4. The highest BCUT2D eigenvalue weighted by Crippen LogP contribution is 2.38. The third-order valence-corrected chi connectivity index (χ3v) is 18.0. The van der Waals surface area contributed by atoms with Gasteiger partial charge in [-0.25, -0.2) is 14.6 Å². The van der Waals surface area contributed by atoms with Gasteiger partial charge in [0.05, 0.1) is 47.1 Å². The van der Waals surface area contributed by atoms with E-state index in [1.54, 1.807) is 17.7 Å². The molecule has 0 saturated carbocycles.